The van der Waals surface area contributed by atoms with Gasteiger partial charge in [0.2, 0.25) is 0 Å². The van der Waals surface area contributed by atoms with E-state index in [4.69, 9.17) is 9.47 Å². The van der Waals surface area contributed by atoms with Gasteiger partial charge in [-0.15, -0.1) is 0 Å². The van der Waals surface area contributed by atoms with Crippen LogP contribution in [0.3, 0.4) is 0 Å². The Morgan fingerprint density at radius 1 is 0.968 bits per heavy atom. The highest BCUT2D eigenvalue weighted by molar-refractivity contribution is 5.72. The number of hydrogen-bond donors (Lipinski definition) is 3. The maximum absolute atomic E-state index is 11.7. The number of methoxy groups -OCH3 is 1. The summed E-state index contributed by atoms with van der Waals surface area (Å²) in [6.45, 7) is 7.45. The molecule has 0 unspecified atom stereocenters. The molecule has 0 bridgehead atoms. The molecule has 0 aromatic carbocycles. The molecule has 0 radical (unpaired) electrons. The second-order valence-corrected chi connectivity index (χ2v) is 10.3. The smallest absolute Gasteiger partial charge is 0.308 e. The Bertz CT molecular complexity index is 533. The first-order valence-corrected chi connectivity index (χ1v) is 12.8. The molecule has 0 aromatic heterocycles. The maximum Gasteiger partial charge on any atom is 0.308 e. The van der Waals surface area contributed by atoms with Crippen molar-refractivity contribution in [3.8, 4) is 0 Å². The molecular weight excluding hydrogens is 392 g/mol. The number of hydrogen-bond acceptors (Lipinski definition) is 7. The van der Waals surface area contributed by atoms with Crippen molar-refractivity contribution >= 4 is 5.97 Å². The molecule has 3 N–H and O–H groups in total. The molecule has 7 nitrogen and oxygen atoms in total. The summed E-state index contributed by atoms with van der Waals surface area (Å²) in [5, 5.41) is 11.2. The molecule has 2 aliphatic heterocycles. The molecule has 0 amide bonds. The van der Waals surface area contributed by atoms with Gasteiger partial charge in [-0.25, -0.2) is 0 Å². The van der Waals surface area contributed by atoms with Gasteiger partial charge in [0, 0.05) is 32.2 Å². The average Bonchev–Trinajstić information content (AvgIpc) is 2.84. The van der Waals surface area contributed by atoms with Crippen LogP contribution >= 0.6 is 0 Å². The fourth-order valence-electron chi connectivity index (χ4n) is 6.17. The minimum atomic E-state index is -0.0153. The zero-order valence-electron chi connectivity index (χ0n) is 19.4. The number of carbonyl (C=O) groups is 1. The zero-order valence-corrected chi connectivity index (χ0v) is 19.4. The molecule has 31 heavy (non-hydrogen) atoms. The van der Waals surface area contributed by atoms with Crippen LogP contribution in [0, 0.1) is 23.7 Å². The number of carbonyl (C=O) groups excluding carboxylic acids is 1. The van der Waals surface area contributed by atoms with Crippen LogP contribution in [0.4, 0.5) is 0 Å². The zero-order chi connectivity index (χ0) is 21.5. The molecule has 4 rings (SSSR count). The summed E-state index contributed by atoms with van der Waals surface area (Å²) in [5.41, 5.74) is 0. The molecule has 0 spiro atoms. The molecule has 2 saturated heterocycles. The lowest BCUT2D eigenvalue weighted by molar-refractivity contribution is -0.147. The molecule has 4 fully saturated rings. The first-order chi connectivity index (χ1) is 15.2. The number of esters is 1. The lowest BCUT2D eigenvalue weighted by Crippen LogP contribution is -2.63. The Morgan fingerprint density at radius 2 is 1.65 bits per heavy atom. The standard InChI is InChI=1S/C24H44N4O3/c1-30-23(29)20-6-4-19(5-7-20)21-16-25-24(26-17-21)27-22-8-2-18(3-9-22)10-11-28-12-14-31-15-13-28/h18-22,24-27H,2-17H2,1H3. The first-order valence-electron chi connectivity index (χ1n) is 12.8. The van der Waals surface area contributed by atoms with Crippen molar-refractivity contribution in [1.29, 1.82) is 0 Å². The summed E-state index contributed by atoms with van der Waals surface area (Å²) in [7, 11) is 1.51. The van der Waals surface area contributed by atoms with E-state index < -0.39 is 0 Å². The van der Waals surface area contributed by atoms with E-state index in [0.29, 0.717) is 12.0 Å². The fraction of sp³-hybridized carbons (Fsp3) is 0.958. The minimum Gasteiger partial charge on any atom is -0.469 e. The van der Waals surface area contributed by atoms with Gasteiger partial charge in [-0.2, -0.15) is 0 Å². The molecule has 2 saturated carbocycles. The van der Waals surface area contributed by atoms with Gasteiger partial charge < -0.3 is 9.47 Å². The number of morpholine rings is 1. The average molecular weight is 437 g/mol. The molecule has 0 atom stereocenters. The van der Waals surface area contributed by atoms with E-state index in [1.165, 1.54) is 45.8 Å². The van der Waals surface area contributed by atoms with Gasteiger partial charge in [0.1, 0.15) is 6.29 Å². The van der Waals surface area contributed by atoms with E-state index in [-0.39, 0.29) is 18.2 Å². The highest BCUT2D eigenvalue weighted by Crippen LogP contribution is 2.34. The van der Waals surface area contributed by atoms with Crippen LogP contribution in [0.25, 0.3) is 0 Å². The highest BCUT2D eigenvalue weighted by Gasteiger charge is 2.33. The van der Waals surface area contributed by atoms with Crippen LogP contribution in [-0.2, 0) is 14.3 Å². The van der Waals surface area contributed by atoms with E-state index in [0.717, 1.165) is 76.9 Å². The summed E-state index contributed by atoms with van der Waals surface area (Å²) >= 11 is 0. The maximum atomic E-state index is 11.7. The van der Waals surface area contributed by atoms with Gasteiger partial charge in [-0.3, -0.25) is 25.6 Å². The van der Waals surface area contributed by atoms with E-state index >= 15 is 0 Å². The Balaban J connectivity index is 1.08. The molecule has 2 aliphatic carbocycles. The van der Waals surface area contributed by atoms with Gasteiger partial charge in [-0.1, -0.05) is 0 Å². The van der Waals surface area contributed by atoms with Gasteiger partial charge in [-0.05, 0) is 82.1 Å². The van der Waals surface area contributed by atoms with Crippen LogP contribution in [0.2, 0.25) is 0 Å². The van der Waals surface area contributed by atoms with E-state index in [2.05, 4.69) is 20.9 Å². The van der Waals surface area contributed by atoms with Crippen molar-refractivity contribution in [2.45, 2.75) is 70.1 Å². The fourth-order valence-corrected chi connectivity index (χ4v) is 6.17. The number of rotatable bonds is 7. The van der Waals surface area contributed by atoms with Crippen molar-refractivity contribution in [3.63, 3.8) is 0 Å². The second kappa shape index (κ2) is 11.9. The SMILES string of the molecule is COC(=O)C1CCC(C2CNC(NC3CCC(CCN4CCOCC4)CC3)NC2)CC1. The molecular formula is C24H44N4O3. The Labute approximate surface area is 188 Å². The van der Waals surface area contributed by atoms with Crippen LogP contribution in [0.1, 0.15) is 57.8 Å². The third-order valence-electron chi connectivity index (χ3n) is 8.35. The van der Waals surface area contributed by atoms with Crippen LogP contribution in [0.5, 0.6) is 0 Å². The molecule has 4 aliphatic rings. The predicted molar refractivity (Wildman–Crippen MR) is 122 cm³/mol. The molecule has 178 valence electrons. The first kappa shape index (κ1) is 23.4. The third kappa shape index (κ3) is 6.87. The third-order valence-corrected chi connectivity index (χ3v) is 8.35. The van der Waals surface area contributed by atoms with E-state index in [1.807, 2.05) is 0 Å². The number of nitrogens with zero attached hydrogens (tertiary/aromatic N) is 1. The van der Waals surface area contributed by atoms with E-state index in [9.17, 15) is 4.79 Å². The van der Waals surface area contributed by atoms with E-state index in [1.54, 1.807) is 0 Å². The van der Waals surface area contributed by atoms with Crippen molar-refractivity contribution in [1.82, 2.24) is 20.9 Å². The quantitative estimate of drug-likeness (QED) is 0.527. The lowest BCUT2D eigenvalue weighted by atomic mass is 9.75. The topological polar surface area (TPSA) is 74.9 Å². The molecule has 7 heteroatoms. The van der Waals surface area contributed by atoms with Gasteiger partial charge in [0.05, 0.1) is 26.2 Å². The summed E-state index contributed by atoms with van der Waals surface area (Å²) in [6, 6.07) is 0.636. The Morgan fingerprint density at radius 3 is 2.29 bits per heavy atom. The van der Waals surface area contributed by atoms with Gasteiger partial charge in [0.15, 0.2) is 0 Å². The monoisotopic (exact) mass is 436 g/mol. The number of nitrogens with one attached hydrogen (secondary N) is 3. The lowest BCUT2D eigenvalue weighted by Gasteiger charge is -2.40. The Hall–Kier alpha value is -0.730. The normalized spacial score (nSPS) is 38.0. The molecule has 2 heterocycles. The largest absolute Gasteiger partial charge is 0.469 e. The summed E-state index contributed by atoms with van der Waals surface area (Å²) in [5.74, 6) is 2.41. The van der Waals surface area contributed by atoms with Gasteiger partial charge >= 0.3 is 5.97 Å². The van der Waals surface area contributed by atoms with Crippen LogP contribution in [0.15, 0.2) is 0 Å². The van der Waals surface area contributed by atoms with Gasteiger partial charge in [0.25, 0.3) is 0 Å². The van der Waals surface area contributed by atoms with Crippen molar-refractivity contribution in [2.75, 3.05) is 53.0 Å². The number of ether oxygens (including phenoxy) is 2. The van der Waals surface area contributed by atoms with Crippen molar-refractivity contribution < 1.29 is 14.3 Å². The summed E-state index contributed by atoms with van der Waals surface area (Å²) < 4.78 is 10.4. The van der Waals surface area contributed by atoms with Crippen LogP contribution < -0.4 is 16.0 Å². The Kier molecular flexibility index (Phi) is 9.02. The minimum absolute atomic E-state index is 0.0153. The van der Waals surface area contributed by atoms with Crippen molar-refractivity contribution in [3.05, 3.63) is 0 Å². The van der Waals surface area contributed by atoms with Crippen LogP contribution in [-0.4, -0.2) is 76.2 Å². The predicted octanol–water partition coefficient (Wildman–Crippen LogP) is 1.93. The molecule has 0 aromatic rings. The highest BCUT2D eigenvalue weighted by atomic mass is 16.5. The second-order valence-electron chi connectivity index (χ2n) is 10.3. The van der Waals surface area contributed by atoms with Crippen molar-refractivity contribution in [2.24, 2.45) is 23.7 Å². The summed E-state index contributed by atoms with van der Waals surface area (Å²) in [4.78, 5) is 14.3. The summed E-state index contributed by atoms with van der Waals surface area (Å²) in [6.07, 6.45) is 11.2.